The Labute approximate surface area is 155 Å². The Morgan fingerprint density at radius 2 is 1.77 bits per heavy atom. The zero-order valence-corrected chi connectivity index (χ0v) is 14.5. The van der Waals surface area contributed by atoms with Crippen molar-refractivity contribution in [3.05, 3.63) is 52.3 Å². The molecule has 0 radical (unpaired) electrons. The van der Waals surface area contributed by atoms with E-state index in [1.165, 1.54) is 28.4 Å². The minimum atomic E-state index is -4.37. The summed E-state index contributed by atoms with van der Waals surface area (Å²) in [5, 5.41) is 2.60. The van der Waals surface area contributed by atoms with E-state index in [2.05, 4.69) is 4.90 Å². The average Bonchev–Trinajstić information content (AvgIpc) is 3.23. The summed E-state index contributed by atoms with van der Waals surface area (Å²) in [6.45, 7) is 2.08. The molecule has 1 saturated heterocycles. The van der Waals surface area contributed by atoms with E-state index in [1.54, 1.807) is 6.07 Å². The fourth-order valence-electron chi connectivity index (χ4n) is 3.64. The summed E-state index contributed by atoms with van der Waals surface area (Å²) in [5.41, 5.74) is 1.01. The average molecular weight is 380 g/mol. The number of rotatable bonds is 3. The van der Waals surface area contributed by atoms with Crippen molar-refractivity contribution in [3.63, 3.8) is 0 Å². The Balaban J connectivity index is 0.00000196. The fourth-order valence-corrected chi connectivity index (χ4v) is 4.34. The summed E-state index contributed by atoms with van der Waals surface area (Å²) in [5.74, 6) is 0. The molecule has 0 atom stereocenters. The van der Waals surface area contributed by atoms with E-state index in [-0.39, 0.29) is 14.0 Å². The van der Waals surface area contributed by atoms with E-state index < -0.39 is 11.9 Å². The first-order valence-electron chi connectivity index (χ1n) is 8.51. The third kappa shape index (κ3) is 3.47. The predicted molar refractivity (Wildman–Crippen MR) is 103 cm³/mol. The SMILES string of the molecule is C.FC(F)(F)c1cc2c(N3CCCCC3)cccc2n1Cc1cccs1. The van der Waals surface area contributed by atoms with E-state index >= 15 is 0 Å². The van der Waals surface area contributed by atoms with Crippen LogP contribution in [0.15, 0.2) is 41.8 Å². The summed E-state index contributed by atoms with van der Waals surface area (Å²) in [4.78, 5) is 3.15. The van der Waals surface area contributed by atoms with Crippen LogP contribution in [0.1, 0.15) is 37.3 Å². The molecule has 0 amide bonds. The van der Waals surface area contributed by atoms with Crippen LogP contribution in [0.3, 0.4) is 0 Å². The van der Waals surface area contributed by atoms with Crippen molar-refractivity contribution in [1.82, 2.24) is 4.57 Å². The number of alkyl halides is 3. The molecule has 2 nitrogen and oxygen atoms in total. The molecular weight excluding hydrogens is 357 g/mol. The molecule has 140 valence electrons. The maximum atomic E-state index is 13.7. The van der Waals surface area contributed by atoms with Gasteiger partial charge in [0.1, 0.15) is 5.69 Å². The van der Waals surface area contributed by atoms with Crippen LogP contribution in [-0.4, -0.2) is 17.7 Å². The first-order chi connectivity index (χ1) is 12.0. The number of hydrogen-bond acceptors (Lipinski definition) is 2. The lowest BCUT2D eigenvalue weighted by Crippen LogP contribution is -2.29. The molecule has 1 fully saturated rings. The van der Waals surface area contributed by atoms with E-state index in [0.717, 1.165) is 36.5 Å². The Hall–Kier alpha value is -1.95. The molecule has 0 unspecified atom stereocenters. The van der Waals surface area contributed by atoms with Crippen LogP contribution in [0.4, 0.5) is 18.9 Å². The minimum Gasteiger partial charge on any atom is -0.371 e. The number of benzene rings is 1. The minimum absolute atomic E-state index is 0. The highest BCUT2D eigenvalue weighted by Crippen LogP contribution is 2.38. The molecule has 0 saturated carbocycles. The molecule has 0 spiro atoms. The number of aromatic nitrogens is 1. The van der Waals surface area contributed by atoms with E-state index in [0.29, 0.717) is 10.9 Å². The molecule has 2 aromatic heterocycles. The molecule has 3 aromatic rings. The van der Waals surface area contributed by atoms with E-state index in [9.17, 15) is 13.2 Å². The normalized spacial score (nSPS) is 15.3. The van der Waals surface area contributed by atoms with Gasteiger partial charge in [0.05, 0.1) is 12.1 Å². The van der Waals surface area contributed by atoms with Gasteiger partial charge in [-0.1, -0.05) is 19.6 Å². The highest BCUT2D eigenvalue weighted by Gasteiger charge is 2.36. The molecule has 1 aromatic carbocycles. The lowest BCUT2D eigenvalue weighted by Gasteiger charge is -2.29. The van der Waals surface area contributed by atoms with Gasteiger partial charge in [-0.05, 0) is 48.9 Å². The quantitative estimate of drug-likeness (QED) is 0.511. The van der Waals surface area contributed by atoms with Crippen molar-refractivity contribution in [2.24, 2.45) is 0 Å². The Bertz CT molecular complexity index is 859. The second-order valence-corrected chi connectivity index (χ2v) is 7.48. The Morgan fingerprint density at radius 1 is 1.00 bits per heavy atom. The molecule has 4 rings (SSSR count). The third-order valence-corrected chi connectivity index (χ3v) is 5.67. The number of halogens is 3. The van der Waals surface area contributed by atoms with Gasteiger partial charge in [0, 0.05) is 29.0 Å². The number of nitrogens with zero attached hydrogens (tertiary/aromatic N) is 2. The third-order valence-electron chi connectivity index (χ3n) is 4.80. The van der Waals surface area contributed by atoms with Gasteiger partial charge < -0.3 is 9.47 Å². The van der Waals surface area contributed by atoms with Crippen LogP contribution in [0.2, 0.25) is 0 Å². The topological polar surface area (TPSA) is 8.17 Å². The molecule has 1 aliphatic heterocycles. The number of hydrogen-bond donors (Lipinski definition) is 0. The molecule has 1 aliphatic rings. The molecule has 0 N–H and O–H groups in total. The van der Waals surface area contributed by atoms with Crippen LogP contribution in [-0.2, 0) is 12.7 Å². The first-order valence-corrected chi connectivity index (χ1v) is 9.39. The fraction of sp³-hybridized carbons (Fsp3) is 0.400. The second kappa shape index (κ2) is 7.35. The molecular formula is C20H23F3N2S. The highest BCUT2D eigenvalue weighted by atomic mass is 32.1. The van der Waals surface area contributed by atoms with Gasteiger partial charge in [-0.15, -0.1) is 11.3 Å². The number of anilines is 1. The zero-order chi connectivity index (χ0) is 17.4. The van der Waals surface area contributed by atoms with Crippen molar-refractivity contribution in [1.29, 1.82) is 0 Å². The summed E-state index contributed by atoms with van der Waals surface area (Å²) in [6.07, 6.45) is -0.980. The van der Waals surface area contributed by atoms with Crippen LogP contribution < -0.4 is 4.90 Å². The number of piperidine rings is 1. The van der Waals surface area contributed by atoms with Crippen LogP contribution in [0.5, 0.6) is 0 Å². The summed E-state index contributed by atoms with van der Waals surface area (Å²) in [7, 11) is 0. The molecule has 0 bridgehead atoms. The number of fused-ring (bicyclic) bond motifs is 1. The number of thiophene rings is 1. The predicted octanol–water partition coefficient (Wildman–Crippen LogP) is 6.40. The van der Waals surface area contributed by atoms with E-state index in [1.807, 2.05) is 29.6 Å². The molecule has 3 heterocycles. The molecule has 0 aliphatic carbocycles. The van der Waals surface area contributed by atoms with E-state index in [4.69, 9.17) is 0 Å². The first kappa shape index (κ1) is 18.8. The smallest absolute Gasteiger partial charge is 0.371 e. The largest absolute Gasteiger partial charge is 0.431 e. The van der Waals surface area contributed by atoms with Crippen molar-refractivity contribution in [2.45, 2.75) is 39.4 Å². The van der Waals surface area contributed by atoms with Crippen molar-refractivity contribution < 1.29 is 13.2 Å². The maximum Gasteiger partial charge on any atom is 0.431 e. The lowest BCUT2D eigenvalue weighted by molar-refractivity contribution is -0.143. The Kier molecular flexibility index (Phi) is 5.32. The molecule has 26 heavy (non-hydrogen) atoms. The van der Waals surface area contributed by atoms with Crippen LogP contribution in [0, 0.1) is 0 Å². The molecule has 6 heteroatoms. The van der Waals surface area contributed by atoms with Gasteiger partial charge >= 0.3 is 6.18 Å². The summed E-state index contributed by atoms with van der Waals surface area (Å²) < 4.78 is 42.4. The van der Waals surface area contributed by atoms with Gasteiger partial charge in [-0.25, -0.2) is 0 Å². The van der Waals surface area contributed by atoms with Gasteiger partial charge in [0.25, 0.3) is 0 Å². The van der Waals surface area contributed by atoms with Crippen molar-refractivity contribution in [2.75, 3.05) is 18.0 Å². The van der Waals surface area contributed by atoms with Crippen molar-refractivity contribution >= 4 is 27.9 Å². The Morgan fingerprint density at radius 3 is 2.42 bits per heavy atom. The lowest BCUT2D eigenvalue weighted by atomic mass is 10.1. The van der Waals surface area contributed by atoms with Crippen LogP contribution >= 0.6 is 11.3 Å². The second-order valence-electron chi connectivity index (χ2n) is 6.45. The highest BCUT2D eigenvalue weighted by molar-refractivity contribution is 7.09. The van der Waals surface area contributed by atoms with Gasteiger partial charge in [-0.3, -0.25) is 0 Å². The van der Waals surface area contributed by atoms with Gasteiger partial charge in [0.15, 0.2) is 0 Å². The zero-order valence-electron chi connectivity index (χ0n) is 13.7. The standard InChI is InChI=1S/C19H19F3N2S.CH4/c20-19(21,22)18-12-15-16(23-9-2-1-3-10-23)7-4-8-17(15)24(18)13-14-6-5-11-25-14;/h4-8,11-12H,1-3,9-10,13H2;1H4. The van der Waals surface area contributed by atoms with Crippen molar-refractivity contribution in [3.8, 4) is 0 Å². The summed E-state index contributed by atoms with van der Waals surface area (Å²) >= 11 is 1.48. The van der Waals surface area contributed by atoms with Gasteiger partial charge in [-0.2, -0.15) is 13.2 Å². The monoisotopic (exact) mass is 380 g/mol. The summed E-state index contributed by atoms with van der Waals surface area (Å²) in [6, 6.07) is 10.7. The van der Waals surface area contributed by atoms with Crippen LogP contribution in [0.25, 0.3) is 10.9 Å². The maximum absolute atomic E-state index is 13.7. The van der Waals surface area contributed by atoms with Gasteiger partial charge in [0.2, 0.25) is 0 Å².